The normalized spacial score (nSPS) is 16.1. The van der Waals surface area contributed by atoms with E-state index in [0.717, 1.165) is 21.5 Å². The van der Waals surface area contributed by atoms with Gasteiger partial charge in [-0.15, -0.1) is 0 Å². The van der Waals surface area contributed by atoms with Gasteiger partial charge in [-0.3, -0.25) is 9.59 Å². The van der Waals surface area contributed by atoms with Gasteiger partial charge in [0.15, 0.2) is 0 Å². The molecule has 0 radical (unpaired) electrons. The molecule has 8 nitrogen and oxygen atoms in total. The molecule has 24 heavy (non-hydrogen) atoms. The Hall–Kier alpha value is -3.29. The molecule has 0 spiro atoms. The molecule has 8 heteroatoms. The third-order valence-electron chi connectivity index (χ3n) is 3.77. The number of hydrogen-bond acceptors (Lipinski definition) is 6. The summed E-state index contributed by atoms with van der Waals surface area (Å²) in [6, 6.07) is 7.32. The maximum Gasteiger partial charge on any atom is 0.340 e. The van der Waals surface area contributed by atoms with E-state index in [0.29, 0.717) is 0 Å². The number of aromatic hydroxyl groups is 1. The van der Waals surface area contributed by atoms with Crippen LogP contribution in [0.25, 0.3) is 5.82 Å². The van der Waals surface area contributed by atoms with E-state index in [2.05, 4.69) is 0 Å². The van der Waals surface area contributed by atoms with Crippen molar-refractivity contribution in [2.24, 2.45) is 5.73 Å². The van der Waals surface area contributed by atoms with Crippen LogP contribution in [0.2, 0.25) is 0 Å². The van der Waals surface area contributed by atoms with Gasteiger partial charge >= 0.3 is 5.97 Å². The van der Waals surface area contributed by atoms with Crippen LogP contribution in [0.4, 0.5) is 0 Å². The Balaban J connectivity index is 2.35. The van der Waals surface area contributed by atoms with Crippen molar-refractivity contribution in [2.75, 3.05) is 6.61 Å². The van der Waals surface area contributed by atoms with E-state index in [1.54, 1.807) is 25.1 Å². The lowest BCUT2D eigenvalue weighted by Crippen LogP contribution is -2.37. The van der Waals surface area contributed by atoms with E-state index in [1.807, 2.05) is 0 Å². The summed E-state index contributed by atoms with van der Waals surface area (Å²) in [5.74, 6) is -1.07. The standard InChI is InChI=1S/C16H15N3O5/c1-2-24-16(23)13-14(9-5-3-4-6-10(9)20)18-11(21)7-8-12(22)19(18)15(13)17/h3-8,14,20H,2,17H2,1H3. The molecule has 1 aliphatic heterocycles. The third-order valence-corrected chi connectivity index (χ3v) is 3.77. The molecule has 1 aromatic heterocycles. The van der Waals surface area contributed by atoms with Gasteiger partial charge in [0.05, 0.1) is 6.61 Å². The number of nitrogens with zero attached hydrogens (tertiary/aromatic N) is 2. The monoisotopic (exact) mass is 329 g/mol. The maximum atomic E-state index is 12.4. The highest BCUT2D eigenvalue weighted by molar-refractivity contribution is 5.96. The second-order valence-electron chi connectivity index (χ2n) is 5.15. The third kappa shape index (κ3) is 2.19. The first-order valence-electron chi connectivity index (χ1n) is 7.27. The zero-order chi connectivity index (χ0) is 17.4. The molecule has 1 aliphatic rings. The summed E-state index contributed by atoms with van der Waals surface area (Å²) in [4.78, 5) is 36.8. The van der Waals surface area contributed by atoms with Crippen LogP contribution in [-0.2, 0) is 9.53 Å². The molecule has 2 heterocycles. The van der Waals surface area contributed by atoms with E-state index in [1.165, 1.54) is 6.07 Å². The molecule has 0 amide bonds. The number of carbonyl (C=O) groups is 1. The summed E-state index contributed by atoms with van der Waals surface area (Å²) in [7, 11) is 0. The van der Waals surface area contributed by atoms with Crippen molar-refractivity contribution < 1.29 is 14.6 Å². The van der Waals surface area contributed by atoms with Crippen molar-refractivity contribution in [3.8, 4) is 5.75 Å². The molecule has 1 aromatic carbocycles. The lowest BCUT2D eigenvalue weighted by Gasteiger charge is -2.18. The quantitative estimate of drug-likeness (QED) is 0.766. The smallest absolute Gasteiger partial charge is 0.340 e. The largest absolute Gasteiger partial charge is 0.508 e. The fraction of sp³-hybridized carbons (Fsp3) is 0.188. The molecule has 3 rings (SSSR count). The van der Waals surface area contributed by atoms with Crippen LogP contribution in [0.1, 0.15) is 18.5 Å². The van der Waals surface area contributed by atoms with E-state index < -0.39 is 23.1 Å². The number of nitrogens with two attached hydrogens (primary N) is 1. The van der Waals surface area contributed by atoms with Crippen LogP contribution in [0, 0.1) is 0 Å². The first-order valence-corrected chi connectivity index (χ1v) is 7.27. The number of esters is 1. The first kappa shape index (κ1) is 15.6. The fourth-order valence-electron chi connectivity index (χ4n) is 2.78. The van der Waals surface area contributed by atoms with E-state index >= 15 is 0 Å². The van der Waals surface area contributed by atoms with Crippen LogP contribution in [-0.4, -0.2) is 27.0 Å². The molecule has 0 saturated heterocycles. The predicted molar refractivity (Wildman–Crippen MR) is 85.2 cm³/mol. The molecule has 2 aromatic rings. The topological polar surface area (TPSA) is 117 Å². The average molecular weight is 329 g/mol. The van der Waals surface area contributed by atoms with Crippen LogP contribution >= 0.6 is 0 Å². The lowest BCUT2D eigenvalue weighted by atomic mass is 9.98. The number of rotatable bonds is 3. The number of para-hydroxylation sites is 1. The van der Waals surface area contributed by atoms with Gasteiger partial charge in [0.1, 0.15) is 23.2 Å². The van der Waals surface area contributed by atoms with Crippen molar-refractivity contribution >= 4 is 11.8 Å². The number of hydrogen-bond donors (Lipinski definition) is 2. The number of phenolic OH excluding ortho intramolecular Hbond substituents is 1. The lowest BCUT2D eigenvalue weighted by molar-refractivity contribution is -0.138. The molecule has 0 fully saturated rings. The Morgan fingerprint density at radius 2 is 1.88 bits per heavy atom. The zero-order valence-corrected chi connectivity index (χ0v) is 12.8. The summed E-state index contributed by atoms with van der Waals surface area (Å²) in [5, 5.41) is 10.2. The summed E-state index contributed by atoms with van der Waals surface area (Å²) >= 11 is 0. The van der Waals surface area contributed by atoms with Gasteiger partial charge in [-0.05, 0) is 13.0 Å². The minimum absolute atomic E-state index is 0.0660. The number of ether oxygens (including phenoxy) is 1. The summed E-state index contributed by atoms with van der Waals surface area (Å²) < 4.78 is 6.97. The molecule has 0 aliphatic carbocycles. The van der Waals surface area contributed by atoms with Crippen LogP contribution in [0.5, 0.6) is 5.75 Å². The number of fused-ring (bicyclic) bond motifs is 1. The average Bonchev–Trinajstić information content (AvgIpc) is 2.86. The Bertz CT molecular complexity index is 970. The van der Waals surface area contributed by atoms with Gasteiger partial charge < -0.3 is 15.6 Å². The second kappa shape index (κ2) is 5.73. The van der Waals surface area contributed by atoms with Gasteiger partial charge in [0, 0.05) is 17.7 Å². The molecule has 1 unspecified atom stereocenters. The highest BCUT2D eigenvalue weighted by atomic mass is 16.5. The predicted octanol–water partition coefficient (Wildman–Crippen LogP) is 0.00900. The molecule has 0 saturated carbocycles. The van der Waals surface area contributed by atoms with Gasteiger partial charge in [-0.2, -0.15) is 4.68 Å². The molecular formula is C16H15N3O5. The fourth-order valence-corrected chi connectivity index (χ4v) is 2.78. The number of carbonyl (C=O) groups excluding carboxylic acids is 1. The highest BCUT2D eigenvalue weighted by Crippen LogP contribution is 2.36. The number of benzene rings is 1. The number of phenols is 1. The Morgan fingerprint density at radius 3 is 2.54 bits per heavy atom. The minimum Gasteiger partial charge on any atom is -0.508 e. The first-order chi connectivity index (χ1) is 11.5. The SMILES string of the molecule is CCOC(=O)C1=C(N)n2c(=O)ccc(=O)n2C1c1ccccc1O. The molecule has 0 bridgehead atoms. The van der Waals surface area contributed by atoms with Gasteiger partial charge in [-0.25, -0.2) is 9.48 Å². The van der Waals surface area contributed by atoms with Crippen molar-refractivity contribution in [3.63, 3.8) is 0 Å². The Labute approximate surface area is 136 Å². The molecule has 1 atom stereocenters. The van der Waals surface area contributed by atoms with E-state index in [-0.39, 0.29) is 29.3 Å². The molecule has 3 N–H and O–H groups in total. The summed E-state index contributed by atoms with van der Waals surface area (Å²) in [6.07, 6.45) is 0. The van der Waals surface area contributed by atoms with Gasteiger partial charge in [-0.1, -0.05) is 18.2 Å². The Morgan fingerprint density at radius 1 is 1.21 bits per heavy atom. The van der Waals surface area contributed by atoms with Crippen LogP contribution in [0.15, 0.2) is 51.6 Å². The van der Waals surface area contributed by atoms with Crippen LogP contribution in [0.3, 0.4) is 0 Å². The second-order valence-corrected chi connectivity index (χ2v) is 5.15. The van der Waals surface area contributed by atoms with Gasteiger partial charge in [0.2, 0.25) is 0 Å². The maximum absolute atomic E-state index is 12.4. The Kier molecular flexibility index (Phi) is 3.72. The van der Waals surface area contributed by atoms with Gasteiger partial charge in [0.25, 0.3) is 11.1 Å². The minimum atomic E-state index is -1.05. The highest BCUT2D eigenvalue weighted by Gasteiger charge is 2.38. The zero-order valence-electron chi connectivity index (χ0n) is 12.8. The van der Waals surface area contributed by atoms with Crippen molar-refractivity contribution in [1.29, 1.82) is 0 Å². The van der Waals surface area contributed by atoms with E-state index in [9.17, 15) is 19.5 Å². The summed E-state index contributed by atoms with van der Waals surface area (Å²) in [6.45, 7) is 1.73. The van der Waals surface area contributed by atoms with Crippen molar-refractivity contribution in [3.05, 3.63) is 68.2 Å². The molecule has 124 valence electrons. The summed E-state index contributed by atoms with van der Waals surface area (Å²) in [5.41, 5.74) is 5.07. The molecular weight excluding hydrogens is 314 g/mol. The van der Waals surface area contributed by atoms with E-state index in [4.69, 9.17) is 10.5 Å². The van der Waals surface area contributed by atoms with Crippen LogP contribution < -0.4 is 16.9 Å². The van der Waals surface area contributed by atoms with Crippen molar-refractivity contribution in [1.82, 2.24) is 9.36 Å². The number of aromatic nitrogens is 2. The van der Waals surface area contributed by atoms with Crippen molar-refractivity contribution in [2.45, 2.75) is 13.0 Å².